The SMILES string of the molecule is O=C(O)CCCC/C=C/CCCCCCCCCO. The quantitative estimate of drug-likeness (QED) is 0.365. The molecular formula is C16H30O3. The Morgan fingerprint density at radius 2 is 1.21 bits per heavy atom. The number of aliphatic hydroxyl groups is 1. The van der Waals surface area contributed by atoms with E-state index >= 15 is 0 Å². The van der Waals surface area contributed by atoms with Crippen molar-refractivity contribution in [3.05, 3.63) is 12.2 Å². The van der Waals surface area contributed by atoms with E-state index in [2.05, 4.69) is 12.2 Å². The molecule has 2 N–H and O–H groups in total. The molecule has 0 radical (unpaired) electrons. The lowest BCUT2D eigenvalue weighted by Crippen LogP contribution is -1.92. The number of hydrogen-bond acceptors (Lipinski definition) is 2. The molecule has 0 aliphatic heterocycles. The van der Waals surface area contributed by atoms with Gasteiger partial charge in [0, 0.05) is 13.0 Å². The summed E-state index contributed by atoms with van der Waals surface area (Å²) in [5, 5.41) is 17.1. The van der Waals surface area contributed by atoms with Gasteiger partial charge in [-0.1, -0.05) is 44.3 Å². The summed E-state index contributed by atoms with van der Waals surface area (Å²) in [7, 11) is 0. The van der Waals surface area contributed by atoms with Gasteiger partial charge in [0.1, 0.15) is 0 Å². The van der Waals surface area contributed by atoms with E-state index in [9.17, 15) is 4.79 Å². The number of carboxylic acid groups (broad SMARTS) is 1. The van der Waals surface area contributed by atoms with Gasteiger partial charge in [-0.25, -0.2) is 0 Å². The van der Waals surface area contributed by atoms with Gasteiger partial charge in [0.25, 0.3) is 0 Å². The Bertz CT molecular complexity index is 224. The van der Waals surface area contributed by atoms with Crippen LogP contribution in [0, 0.1) is 0 Å². The molecule has 0 fully saturated rings. The Kier molecular flexibility index (Phi) is 14.6. The fraction of sp³-hybridized carbons (Fsp3) is 0.812. The molecule has 0 saturated carbocycles. The second-order valence-electron chi connectivity index (χ2n) is 5.10. The van der Waals surface area contributed by atoms with Gasteiger partial charge in [-0.2, -0.15) is 0 Å². The zero-order chi connectivity index (χ0) is 14.2. The number of carbonyl (C=O) groups is 1. The molecule has 0 rings (SSSR count). The largest absolute Gasteiger partial charge is 0.481 e. The predicted octanol–water partition coefficient (Wildman–Crippen LogP) is 4.30. The van der Waals surface area contributed by atoms with Crippen molar-refractivity contribution in [2.75, 3.05) is 6.61 Å². The molecule has 0 aromatic heterocycles. The second-order valence-corrected chi connectivity index (χ2v) is 5.10. The monoisotopic (exact) mass is 270 g/mol. The fourth-order valence-electron chi connectivity index (χ4n) is 2.03. The number of aliphatic hydroxyl groups excluding tert-OH is 1. The first kappa shape index (κ1) is 18.2. The van der Waals surface area contributed by atoms with E-state index in [4.69, 9.17) is 10.2 Å². The lowest BCUT2D eigenvalue weighted by molar-refractivity contribution is -0.137. The van der Waals surface area contributed by atoms with Crippen LogP contribution in [0.25, 0.3) is 0 Å². The molecule has 0 saturated heterocycles. The van der Waals surface area contributed by atoms with Crippen LogP contribution in [0.5, 0.6) is 0 Å². The predicted molar refractivity (Wildman–Crippen MR) is 79.3 cm³/mol. The summed E-state index contributed by atoms with van der Waals surface area (Å²) >= 11 is 0. The van der Waals surface area contributed by atoms with E-state index < -0.39 is 5.97 Å². The van der Waals surface area contributed by atoms with E-state index in [1.165, 1.54) is 32.1 Å². The molecule has 0 spiro atoms. The molecule has 0 aromatic carbocycles. The third kappa shape index (κ3) is 17.2. The molecule has 0 heterocycles. The highest BCUT2D eigenvalue weighted by molar-refractivity contribution is 5.66. The number of allylic oxidation sites excluding steroid dienone is 2. The molecule has 112 valence electrons. The van der Waals surface area contributed by atoms with Crippen molar-refractivity contribution in [2.24, 2.45) is 0 Å². The maximum Gasteiger partial charge on any atom is 0.303 e. The van der Waals surface area contributed by atoms with Crippen LogP contribution in [0.3, 0.4) is 0 Å². The third-order valence-electron chi connectivity index (χ3n) is 3.21. The van der Waals surface area contributed by atoms with E-state index in [1.54, 1.807) is 0 Å². The van der Waals surface area contributed by atoms with Gasteiger partial charge in [0.15, 0.2) is 0 Å². The van der Waals surface area contributed by atoms with Gasteiger partial charge >= 0.3 is 5.97 Å². The normalized spacial score (nSPS) is 11.2. The Morgan fingerprint density at radius 3 is 1.74 bits per heavy atom. The summed E-state index contributed by atoms with van der Waals surface area (Å²) in [6, 6.07) is 0. The number of rotatable bonds is 14. The average molecular weight is 270 g/mol. The number of unbranched alkanes of at least 4 members (excludes halogenated alkanes) is 9. The first-order valence-corrected chi connectivity index (χ1v) is 7.75. The standard InChI is InChI=1S/C16H30O3/c17-15-13-11-9-7-5-3-1-2-4-6-8-10-12-14-16(18)19/h4,6,17H,1-3,5,7-15H2,(H,18,19)/b6-4+. The van der Waals surface area contributed by atoms with Crippen molar-refractivity contribution in [1.29, 1.82) is 0 Å². The second kappa shape index (κ2) is 15.2. The van der Waals surface area contributed by atoms with Crippen LogP contribution in [0.15, 0.2) is 12.2 Å². The molecule has 0 bridgehead atoms. The van der Waals surface area contributed by atoms with Crippen LogP contribution in [0.2, 0.25) is 0 Å². The van der Waals surface area contributed by atoms with Crippen molar-refractivity contribution in [2.45, 2.75) is 77.0 Å². The maximum atomic E-state index is 10.3. The Balaban J connectivity index is 3.06. The van der Waals surface area contributed by atoms with E-state index in [0.29, 0.717) is 13.0 Å². The molecule has 0 atom stereocenters. The summed E-state index contributed by atoms with van der Waals surface area (Å²) in [4.78, 5) is 10.3. The number of aliphatic carboxylic acids is 1. The van der Waals surface area contributed by atoms with Crippen LogP contribution in [0.4, 0.5) is 0 Å². The molecule has 19 heavy (non-hydrogen) atoms. The van der Waals surface area contributed by atoms with Crippen LogP contribution in [-0.4, -0.2) is 22.8 Å². The smallest absolute Gasteiger partial charge is 0.303 e. The van der Waals surface area contributed by atoms with Crippen molar-refractivity contribution in [3.63, 3.8) is 0 Å². The molecular weight excluding hydrogens is 240 g/mol. The highest BCUT2D eigenvalue weighted by atomic mass is 16.4. The average Bonchev–Trinajstić information content (AvgIpc) is 2.39. The summed E-state index contributed by atoms with van der Waals surface area (Å²) in [6.45, 7) is 0.331. The van der Waals surface area contributed by atoms with Crippen molar-refractivity contribution >= 4 is 5.97 Å². The first-order chi connectivity index (χ1) is 9.27. The van der Waals surface area contributed by atoms with E-state index in [1.807, 2.05) is 0 Å². The summed E-state index contributed by atoms with van der Waals surface area (Å²) in [6.07, 6.45) is 17.1. The molecule has 0 unspecified atom stereocenters. The number of hydrogen-bond donors (Lipinski definition) is 2. The minimum absolute atomic E-state index is 0.296. The zero-order valence-corrected chi connectivity index (χ0v) is 12.1. The van der Waals surface area contributed by atoms with Crippen LogP contribution < -0.4 is 0 Å². The zero-order valence-electron chi connectivity index (χ0n) is 12.1. The molecule has 3 heteroatoms. The lowest BCUT2D eigenvalue weighted by atomic mass is 10.1. The van der Waals surface area contributed by atoms with Gasteiger partial charge in [-0.3, -0.25) is 4.79 Å². The fourth-order valence-corrected chi connectivity index (χ4v) is 2.03. The summed E-state index contributed by atoms with van der Waals surface area (Å²) in [5.41, 5.74) is 0. The maximum absolute atomic E-state index is 10.3. The molecule has 0 aromatic rings. The minimum Gasteiger partial charge on any atom is -0.481 e. The highest BCUT2D eigenvalue weighted by Crippen LogP contribution is 2.09. The molecule has 0 amide bonds. The van der Waals surface area contributed by atoms with E-state index in [0.717, 1.165) is 38.5 Å². The molecule has 0 aliphatic carbocycles. The number of carboxylic acids is 1. The van der Waals surface area contributed by atoms with Gasteiger partial charge < -0.3 is 10.2 Å². The lowest BCUT2D eigenvalue weighted by Gasteiger charge is -1.99. The van der Waals surface area contributed by atoms with Crippen LogP contribution >= 0.6 is 0 Å². The van der Waals surface area contributed by atoms with Crippen LogP contribution in [-0.2, 0) is 4.79 Å². The minimum atomic E-state index is -0.692. The highest BCUT2D eigenvalue weighted by Gasteiger charge is 1.94. The Labute approximate surface area is 117 Å². The third-order valence-corrected chi connectivity index (χ3v) is 3.21. The van der Waals surface area contributed by atoms with Crippen molar-refractivity contribution in [3.8, 4) is 0 Å². The first-order valence-electron chi connectivity index (χ1n) is 7.75. The summed E-state index contributed by atoms with van der Waals surface area (Å²) in [5.74, 6) is -0.692. The van der Waals surface area contributed by atoms with Crippen molar-refractivity contribution < 1.29 is 15.0 Å². The van der Waals surface area contributed by atoms with Gasteiger partial charge in [-0.05, 0) is 38.5 Å². The van der Waals surface area contributed by atoms with Gasteiger partial charge in [0.05, 0.1) is 0 Å². The van der Waals surface area contributed by atoms with E-state index in [-0.39, 0.29) is 0 Å². The van der Waals surface area contributed by atoms with Crippen LogP contribution in [0.1, 0.15) is 77.0 Å². The Hall–Kier alpha value is -0.830. The summed E-state index contributed by atoms with van der Waals surface area (Å²) < 4.78 is 0. The van der Waals surface area contributed by atoms with Gasteiger partial charge in [-0.15, -0.1) is 0 Å². The molecule has 3 nitrogen and oxygen atoms in total. The van der Waals surface area contributed by atoms with Crippen molar-refractivity contribution in [1.82, 2.24) is 0 Å². The Morgan fingerprint density at radius 1 is 0.737 bits per heavy atom. The topological polar surface area (TPSA) is 57.5 Å². The van der Waals surface area contributed by atoms with Gasteiger partial charge in [0.2, 0.25) is 0 Å². The molecule has 0 aliphatic rings.